The van der Waals surface area contributed by atoms with Crippen LogP contribution in [0.4, 0.5) is 0 Å². The fourth-order valence-corrected chi connectivity index (χ4v) is 2.61. The normalized spacial score (nSPS) is 9.89. The van der Waals surface area contributed by atoms with Gasteiger partial charge in [-0.3, -0.25) is 0 Å². The van der Waals surface area contributed by atoms with Gasteiger partial charge in [-0.15, -0.1) is 11.3 Å². The van der Waals surface area contributed by atoms with Crippen LogP contribution in [0.15, 0.2) is 6.07 Å². The summed E-state index contributed by atoms with van der Waals surface area (Å²) in [7, 11) is 0. The minimum atomic E-state index is -1.25. The molecular formula is C13H21Cl2NO2S. The number of halogens is 2. The van der Waals surface area contributed by atoms with E-state index in [1.54, 1.807) is 0 Å². The molecule has 0 aliphatic carbocycles. The number of rotatable bonds is 7. The van der Waals surface area contributed by atoms with Crippen molar-refractivity contribution in [2.45, 2.75) is 45.4 Å². The van der Waals surface area contributed by atoms with Crippen LogP contribution in [0.1, 0.15) is 55.1 Å². The molecule has 0 bridgehead atoms. The van der Waals surface area contributed by atoms with Gasteiger partial charge in [0, 0.05) is 0 Å². The summed E-state index contributed by atoms with van der Waals surface area (Å²) in [5.74, 6) is -1.25. The zero-order valence-electron chi connectivity index (χ0n) is 11.2. The second-order valence-electron chi connectivity index (χ2n) is 4.14. The molecule has 0 aromatic carbocycles. The molecule has 3 N–H and O–H groups in total. The van der Waals surface area contributed by atoms with Crippen LogP contribution in [0.5, 0.6) is 0 Å². The minimum Gasteiger partial charge on any atom is -0.544 e. The molecule has 1 heterocycles. The molecule has 0 atom stereocenters. The zero-order chi connectivity index (χ0) is 14.7. The number of carbonyl (C=O) groups is 1. The van der Waals surface area contributed by atoms with E-state index in [0.717, 1.165) is 17.9 Å². The van der Waals surface area contributed by atoms with E-state index in [0.29, 0.717) is 0 Å². The number of unbranched alkanes of at least 4 members (excludes halogenated alkanes) is 5. The highest BCUT2D eigenvalue weighted by molar-refractivity contribution is 7.18. The van der Waals surface area contributed by atoms with Crippen molar-refractivity contribution < 1.29 is 15.6 Å². The SMILES string of the molecule is CCCCCCCC[NH3+].O=C([O-])c1cc(Cl)c(Cl)s1. The van der Waals surface area contributed by atoms with Gasteiger partial charge in [0.25, 0.3) is 0 Å². The van der Waals surface area contributed by atoms with Crippen LogP contribution in [-0.4, -0.2) is 12.5 Å². The van der Waals surface area contributed by atoms with Gasteiger partial charge in [-0.1, -0.05) is 55.8 Å². The van der Waals surface area contributed by atoms with E-state index in [4.69, 9.17) is 23.2 Å². The Bertz CT molecular complexity index is 344. The fourth-order valence-electron chi connectivity index (χ4n) is 1.40. The molecule has 0 amide bonds. The highest BCUT2D eigenvalue weighted by Gasteiger charge is 2.04. The number of quaternary nitrogens is 1. The van der Waals surface area contributed by atoms with Crippen LogP contribution in [-0.2, 0) is 0 Å². The first-order chi connectivity index (χ1) is 9.02. The van der Waals surface area contributed by atoms with Crippen LogP contribution >= 0.6 is 34.5 Å². The monoisotopic (exact) mass is 325 g/mol. The maximum Gasteiger partial charge on any atom is 0.112 e. The first kappa shape index (κ1) is 18.7. The summed E-state index contributed by atoms with van der Waals surface area (Å²) in [6, 6.07) is 1.27. The first-order valence-electron chi connectivity index (χ1n) is 6.48. The molecule has 0 saturated carbocycles. The Morgan fingerprint density at radius 2 is 1.84 bits per heavy atom. The number of carbonyl (C=O) groups excluding carboxylic acids is 1. The Hall–Kier alpha value is -0.290. The molecule has 1 aromatic rings. The van der Waals surface area contributed by atoms with Crippen LogP contribution < -0.4 is 10.8 Å². The predicted octanol–water partition coefficient (Wildman–Crippen LogP) is 3.01. The van der Waals surface area contributed by atoms with Gasteiger partial charge < -0.3 is 15.6 Å². The van der Waals surface area contributed by atoms with E-state index >= 15 is 0 Å². The van der Waals surface area contributed by atoms with Crippen molar-refractivity contribution in [3.8, 4) is 0 Å². The zero-order valence-corrected chi connectivity index (χ0v) is 13.5. The predicted molar refractivity (Wildman–Crippen MR) is 79.8 cm³/mol. The van der Waals surface area contributed by atoms with E-state index in [1.165, 1.54) is 44.6 Å². The smallest absolute Gasteiger partial charge is 0.112 e. The highest BCUT2D eigenvalue weighted by atomic mass is 35.5. The fraction of sp³-hybridized carbons (Fsp3) is 0.615. The van der Waals surface area contributed by atoms with Crippen LogP contribution in [0.25, 0.3) is 0 Å². The number of aromatic carboxylic acids is 1. The molecule has 6 heteroatoms. The van der Waals surface area contributed by atoms with E-state index in [1.807, 2.05) is 0 Å². The number of hydrogen-bond acceptors (Lipinski definition) is 3. The molecule has 0 fully saturated rings. The molecule has 0 saturated heterocycles. The number of hydrogen-bond donors (Lipinski definition) is 1. The lowest BCUT2D eigenvalue weighted by Crippen LogP contribution is -2.50. The van der Waals surface area contributed by atoms with E-state index in [-0.39, 0.29) is 14.2 Å². The summed E-state index contributed by atoms with van der Waals surface area (Å²) >= 11 is 11.8. The average Bonchev–Trinajstić information content (AvgIpc) is 2.71. The second kappa shape index (κ2) is 11.5. The van der Waals surface area contributed by atoms with Crippen molar-refractivity contribution >= 4 is 40.5 Å². The third-order valence-corrected chi connectivity index (χ3v) is 4.30. The summed E-state index contributed by atoms with van der Waals surface area (Å²) < 4.78 is 0.279. The van der Waals surface area contributed by atoms with Crippen LogP contribution in [0.3, 0.4) is 0 Å². The topological polar surface area (TPSA) is 67.8 Å². The van der Waals surface area contributed by atoms with Crippen molar-refractivity contribution in [2.75, 3.05) is 6.54 Å². The lowest BCUT2D eigenvalue weighted by molar-refractivity contribution is -0.368. The van der Waals surface area contributed by atoms with Gasteiger partial charge in [0.15, 0.2) is 0 Å². The van der Waals surface area contributed by atoms with E-state index < -0.39 is 5.97 Å². The lowest BCUT2D eigenvalue weighted by Gasteiger charge is -1.95. The van der Waals surface area contributed by atoms with E-state index in [9.17, 15) is 9.90 Å². The summed E-state index contributed by atoms with van der Waals surface area (Å²) in [5, 5.41) is 10.4. The van der Waals surface area contributed by atoms with Gasteiger partial charge in [-0.25, -0.2) is 0 Å². The minimum absolute atomic E-state index is 0.0509. The van der Waals surface area contributed by atoms with E-state index in [2.05, 4.69) is 12.7 Å². The standard InChI is InChI=1S/C8H19N.C5H2Cl2O2S/c1-2-3-4-5-6-7-8-9;6-2-1-3(5(8)9)10-4(2)7/h2-9H2,1H3;1H,(H,8,9). The van der Waals surface area contributed by atoms with Gasteiger partial charge in [-0.05, 0) is 18.9 Å². The Morgan fingerprint density at radius 1 is 1.26 bits per heavy atom. The molecule has 1 rings (SSSR count). The summed E-state index contributed by atoms with van der Waals surface area (Å²) in [5.41, 5.74) is 3.80. The summed E-state index contributed by atoms with van der Waals surface area (Å²) in [6.45, 7) is 3.37. The average molecular weight is 326 g/mol. The van der Waals surface area contributed by atoms with Crippen molar-refractivity contribution in [2.24, 2.45) is 0 Å². The third kappa shape index (κ3) is 9.27. The number of carboxylic acids is 1. The lowest BCUT2D eigenvalue weighted by atomic mass is 10.1. The molecule has 110 valence electrons. The summed E-state index contributed by atoms with van der Waals surface area (Å²) in [6.07, 6.45) is 8.33. The van der Waals surface area contributed by atoms with Gasteiger partial charge in [0.05, 0.1) is 22.4 Å². The Morgan fingerprint density at radius 3 is 2.21 bits per heavy atom. The van der Waals surface area contributed by atoms with Crippen molar-refractivity contribution in [3.63, 3.8) is 0 Å². The molecule has 19 heavy (non-hydrogen) atoms. The highest BCUT2D eigenvalue weighted by Crippen LogP contribution is 2.30. The Labute approximate surface area is 128 Å². The Kier molecular flexibility index (Phi) is 11.4. The quantitative estimate of drug-likeness (QED) is 0.783. The maximum atomic E-state index is 10.1. The number of thiophene rings is 1. The molecule has 1 aromatic heterocycles. The Balaban J connectivity index is 0.000000344. The molecule has 0 aliphatic heterocycles. The maximum absolute atomic E-state index is 10.1. The van der Waals surface area contributed by atoms with Crippen molar-refractivity contribution in [1.29, 1.82) is 0 Å². The molecule has 3 nitrogen and oxygen atoms in total. The first-order valence-corrected chi connectivity index (χ1v) is 8.05. The van der Waals surface area contributed by atoms with Crippen LogP contribution in [0, 0.1) is 0 Å². The number of carboxylic acid groups (broad SMARTS) is 1. The van der Waals surface area contributed by atoms with Gasteiger partial charge in [-0.2, -0.15) is 0 Å². The molecule has 0 unspecified atom stereocenters. The second-order valence-corrected chi connectivity index (χ2v) is 6.20. The third-order valence-electron chi connectivity index (χ3n) is 2.45. The van der Waals surface area contributed by atoms with Crippen LogP contribution in [0.2, 0.25) is 9.36 Å². The van der Waals surface area contributed by atoms with Gasteiger partial charge in [0.1, 0.15) is 4.34 Å². The van der Waals surface area contributed by atoms with Gasteiger partial charge >= 0.3 is 0 Å². The summed E-state index contributed by atoms with van der Waals surface area (Å²) in [4.78, 5) is 10.2. The molecular weight excluding hydrogens is 305 g/mol. The molecule has 0 aliphatic rings. The van der Waals surface area contributed by atoms with Gasteiger partial charge in [0.2, 0.25) is 0 Å². The van der Waals surface area contributed by atoms with Crippen molar-refractivity contribution in [3.05, 3.63) is 20.3 Å². The van der Waals surface area contributed by atoms with Crippen molar-refractivity contribution in [1.82, 2.24) is 0 Å². The molecule has 0 radical (unpaired) electrons. The molecule has 0 spiro atoms. The largest absolute Gasteiger partial charge is 0.544 e.